The Kier molecular flexibility index (Phi) is 5.80. The Labute approximate surface area is 132 Å². The average Bonchev–Trinajstić information content (AvgIpc) is 2.72. The predicted octanol–water partition coefficient (Wildman–Crippen LogP) is 0.858. The summed E-state index contributed by atoms with van der Waals surface area (Å²) >= 11 is 0. The highest BCUT2D eigenvalue weighted by atomic mass is 16.2. The van der Waals surface area contributed by atoms with Crippen LogP contribution in [0.4, 0.5) is 0 Å². The number of likely N-dealkylation sites (N-methyl/N-ethyl adjacent to an activating group) is 1. The highest BCUT2D eigenvalue weighted by Gasteiger charge is 2.33. The molecule has 0 N–H and O–H groups in total. The van der Waals surface area contributed by atoms with E-state index in [1.165, 1.54) is 0 Å². The van der Waals surface area contributed by atoms with Crippen molar-refractivity contribution in [3.05, 3.63) is 0 Å². The first kappa shape index (κ1) is 16.8. The van der Waals surface area contributed by atoms with E-state index in [-0.39, 0.29) is 23.8 Å². The van der Waals surface area contributed by atoms with Gasteiger partial charge in [-0.15, -0.1) is 0 Å². The number of hydrogen-bond donors (Lipinski definition) is 0. The number of hydrogen-bond acceptors (Lipinski definition) is 3. The van der Waals surface area contributed by atoms with Crippen LogP contribution < -0.4 is 0 Å². The molecule has 2 saturated heterocycles. The molecule has 0 spiro atoms. The van der Waals surface area contributed by atoms with E-state index < -0.39 is 0 Å². The van der Waals surface area contributed by atoms with E-state index in [1.807, 2.05) is 6.92 Å². The van der Waals surface area contributed by atoms with Crippen molar-refractivity contribution < 1.29 is 14.4 Å². The molecule has 2 fully saturated rings. The van der Waals surface area contributed by atoms with Gasteiger partial charge >= 0.3 is 0 Å². The van der Waals surface area contributed by atoms with Crippen molar-refractivity contribution in [1.82, 2.24) is 14.7 Å². The molecule has 0 unspecified atom stereocenters. The number of amides is 3. The van der Waals surface area contributed by atoms with Crippen LogP contribution in [-0.2, 0) is 14.4 Å². The summed E-state index contributed by atoms with van der Waals surface area (Å²) in [6.45, 7) is 6.86. The number of nitrogens with zero attached hydrogens (tertiary/aromatic N) is 3. The Morgan fingerprint density at radius 3 is 2.59 bits per heavy atom. The smallest absolute Gasteiger partial charge is 0.245 e. The molecule has 0 bridgehead atoms. The van der Waals surface area contributed by atoms with Gasteiger partial charge in [-0.25, -0.2) is 0 Å². The lowest BCUT2D eigenvalue weighted by atomic mass is 10.1. The molecule has 0 aromatic rings. The molecule has 2 heterocycles. The maximum absolute atomic E-state index is 12.4. The van der Waals surface area contributed by atoms with Gasteiger partial charge in [-0.05, 0) is 26.7 Å². The number of likely N-dealkylation sites (tertiary alicyclic amines) is 1. The standard InChI is InChI=1S/C16H27N3O3/c1-3-17-11-12-19(13(2)16(17)22)15(21)8-10-18-9-6-4-5-7-14(18)20/h13H,3-12H2,1-2H3/t13-/m0/s1. The third kappa shape index (κ3) is 3.78. The van der Waals surface area contributed by atoms with Crippen LogP contribution in [0.5, 0.6) is 0 Å². The van der Waals surface area contributed by atoms with Gasteiger partial charge in [0.25, 0.3) is 0 Å². The molecular formula is C16H27N3O3. The number of carbonyl (C=O) groups excluding carboxylic acids is 3. The summed E-state index contributed by atoms with van der Waals surface area (Å²) in [5, 5.41) is 0. The van der Waals surface area contributed by atoms with Crippen LogP contribution in [0, 0.1) is 0 Å². The topological polar surface area (TPSA) is 60.9 Å². The van der Waals surface area contributed by atoms with Crippen molar-refractivity contribution in [3.8, 4) is 0 Å². The van der Waals surface area contributed by atoms with E-state index in [4.69, 9.17) is 0 Å². The third-order valence-corrected chi connectivity index (χ3v) is 4.72. The maximum atomic E-state index is 12.4. The fourth-order valence-corrected chi connectivity index (χ4v) is 3.23. The molecule has 0 aromatic heterocycles. The molecule has 2 aliphatic rings. The summed E-state index contributed by atoms with van der Waals surface area (Å²) in [5.74, 6) is 0.159. The number of rotatable bonds is 4. The number of carbonyl (C=O) groups is 3. The molecular weight excluding hydrogens is 282 g/mol. The zero-order valence-electron chi connectivity index (χ0n) is 13.7. The van der Waals surface area contributed by atoms with Crippen LogP contribution in [0.25, 0.3) is 0 Å². The predicted molar refractivity (Wildman–Crippen MR) is 83.1 cm³/mol. The van der Waals surface area contributed by atoms with Gasteiger partial charge in [0.1, 0.15) is 6.04 Å². The van der Waals surface area contributed by atoms with E-state index in [0.29, 0.717) is 39.0 Å². The van der Waals surface area contributed by atoms with Crippen LogP contribution in [0.15, 0.2) is 0 Å². The van der Waals surface area contributed by atoms with Crippen LogP contribution in [-0.4, -0.2) is 71.2 Å². The van der Waals surface area contributed by atoms with Gasteiger partial charge in [-0.1, -0.05) is 6.42 Å². The first-order chi connectivity index (χ1) is 10.5. The summed E-state index contributed by atoms with van der Waals surface area (Å²) in [5.41, 5.74) is 0. The summed E-state index contributed by atoms with van der Waals surface area (Å²) < 4.78 is 0. The molecule has 2 rings (SSSR count). The Morgan fingerprint density at radius 1 is 1.09 bits per heavy atom. The van der Waals surface area contributed by atoms with Crippen LogP contribution >= 0.6 is 0 Å². The molecule has 1 atom stereocenters. The minimum absolute atomic E-state index is 0.0198. The Balaban J connectivity index is 1.86. The van der Waals surface area contributed by atoms with Crippen LogP contribution in [0.2, 0.25) is 0 Å². The zero-order valence-corrected chi connectivity index (χ0v) is 13.7. The maximum Gasteiger partial charge on any atom is 0.245 e. The fraction of sp³-hybridized carbons (Fsp3) is 0.812. The van der Waals surface area contributed by atoms with Gasteiger partial charge < -0.3 is 14.7 Å². The lowest BCUT2D eigenvalue weighted by Gasteiger charge is -2.39. The second-order valence-electron chi connectivity index (χ2n) is 6.12. The molecule has 124 valence electrons. The molecule has 6 nitrogen and oxygen atoms in total. The minimum atomic E-state index is -0.388. The number of piperazine rings is 1. The monoisotopic (exact) mass is 309 g/mol. The second-order valence-corrected chi connectivity index (χ2v) is 6.12. The van der Waals surface area contributed by atoms with E-state index in [1.54, 1.807) is 21.6 Å². The lowest BCUT2D eigenvalue weighted by molar-refractivity contribution is -0.150. The summed E-state index contributed by atoms with van der Waals surface area (Å²) in [4.78, 5) is 41.7. The second kappa shape index (κ2) is 7.61. The molecule has 22 heavy (non-hydrogen) atoms. The normalized spacial score (nSPS) is 23.7. The van der Waals surface area contributed by atoms with Gasteiger partial charge in [0.05, 0.1) is 0 Å². The first-order valence-corrected chi connectivity index (χ1v) is 8.40. The third-order valence-electron chi connectivity index (χ3n) is 4.72. The molecule has 2 aliphatic heterocycles. The minimum Gasteiger partial charge on any atom is -0.342 e. The summed E-state index contributed by atoms with van der Waals surface area (Å²) in [6.07, 6.45) is 3.96. The SMILES string of the molecule is CCN1CCN(C(=O)CCN2CCCCCC2=O)[C@@H](C)C1=O. The van der Waals surface area contributed by atoms with E-state index in [2.05, 4.69) is 0 Å². The molecule has 0 saturated carbocycles. The van der Waals surface area contributed by atoms with Crippen LogP contribution in [0.3, 0.4) is 0 Å². The molecule has 0 radical (unpaired) electrons. The first-order valence-electron chi connectivity index (χ1n) is 8.40. The average molecular weight is 309 g/mol. The van der Waals surface area contributed by atoms with Gasteiger partial charge in [0, 0.05) is 45.6 Å². The van der Waals surface area contributed by atoms with Crippen LogP contribution in [0.1, 0.15) is 46.0 Å². The molecule has 0 aromatic carbocycles. The van der Waals surface area contributed by atoms with Crippen molar-refractivity contribution in [2.45, 2.75) is 52.0 Å². The largest absolute Gasteiger partial charge is 0.342 e. The zero-order chi connectivity index (χ0) is 16.1. The highest BCUT2D eigenvalue weighted by molar-refractivity contribution is 5.88. The van der Waals surface area contributed by atoms with Crippen molar-refractivity contribution in [2.24, 2.45) is 0 Å². The van der Waals surface area contributed by atoms with Crippen molar-refractivity contribution in [1.29, 1.82) is 0 Å². The van der Waals surface area contributed by atoms with Crippen molar-refractivity contribution in [3.63, 3.8) is 0 Å². The van der Waals surface area contributed by atoms with Gasteiger partial charge in [-0.3, -0.25) is 14.4 Å². The Hall–Kier alpha value is -1.59. The van der Waals surface area contributed by atoms with E-state index in [0.717, 1.165) is 25.8 Å². The van der Waals surface area contributed by atoms with E-state index >= 15 is 0 Å². The van der Waals surface area contributed by atoms with Gasteiger partial charge in [0.15, 0.2) is 0 Å². The summed E-state index contributed by atoms with van der Waals surface area (Å²) in [7, 11) is 0. The molecule has 6 heteroatoms. The van der Waals surface area contributed by atoms with Crippen molar-refractivity contribution in [2.75, 3.05) is 32.7 Å². The fourth-order valence-electron chi connectivity index (χ4n) is 3.23. The summed E-state index contributed by atoms with van der Waals surface area (Å²) in [6, 6.07) is -0.388. The van der Waals surface area contributed by atoms with Gasteiger partial charge in [0.2, 0.25) is 17.7 Å². The van der Waals surface area contributed by atoms with Gasteiger partial charge in [-0.2, -0.15) is 0 Å². The van der Waals surface area contributed by atoms with Crippen molar-refractivity contribution >= 4 is 17.7 Å². The molecule has 3 amide bonds. The Bertz CT molecular complexity index is 438. The lowest BCUT2D eigenvalue weighted by Crippen LogP contribution is -2.57. The highest BCUT2D eigenvalue weighted by Crippen LogP contribution is 2.15. The molecule has 0 aliphatic carbocycles. The Morgan fingerprint density at radius 2 is 1.86 bits per heavy atom. The van der Waals surface area contributed by atoms with E-state index in [9.17, 15) is 14.4 Å². The quantitative estimate of drug-likeness (QED) is 0.774.